The first-order chi connectivity index (χ1) is 10.5. The standard InChI is InChI=1S/C16H15ClN2O3/c1-10-3-8-13(14(17)9-10)16(20)22-19-15(18)11-4-6-12(21-2)7-5-11/h3-9H,1-2H3,(H2,18,19). The second-order valence-corrected chi connectivity index (χ2v) is 4.97. The monoisotopic (exact) mass is 318 g/mol. The van der Waals surface area contributed by atoms with Crippen molar-refractivity contribution in [2.24, 2.45) is 10.9 Å². The van der Waals surface area contributed by atoms with Crippen molar-refractivity contribution in [1.82, 2.24) is 0 Å². The molecule has 2 aromatic carbocycles. The van der Waals surface area contributed by atoms with Crippen LogP contribution in [-0.4, -0.2) is 18.9 Å². The van der Waals surface area contributed by atoms with Crippen LogP contribution in [0.25, 0.3) is 0 Å². The number of rotatable bonds is 4. The highest BCUT2D eigenvalue weighted by Crippen LogP contribution is 2.18. The molecule has 114 valence electrons. The zero-order valence-corrected chi connectivity index (χ0v) is 12.9. The molecular weight excluding hydrogens is 304 g/mol. The Kier molecular flexibility index (Phi) is 5.01. The molecule has 0 fully saturated rings. The fourth-order valence-electron chi connectivity index (χ4n) is 1.74. The van der Waals surface area contributed by atoms with Crippen molar-refractivity contribution < 1.29 is 14.4 Å². The van der Waals surface area contributed by atoms with Gasteiger partial charge in [0.1, 0.15) is 5.75 Å². The van der Waals surface area contributed by atoms with Gasteiger partial charge in [0, 0.05) is 5.56 Å². The molecule has 2 N–H and O–H groups in total. The Morgan fingerprint density at radius 2 is 1.86 bits per heavy atom. The van der Waals surface area contributed by atoms with Crippen molar-refractivity contribution in [3.63, 3.8) is 0 Å². The first-order valence-corrected chi connectivity index (χ1v) is 6.84. The maximum atomic E-state index is 11.9. The number of hydrogen-bond acceptors (Lipinski definition) is 4. The third-order valence-electron chi connectivity index (χ3n) is 2.96. The Labute approximate surface area is 133 Å². The van der Waals surface area contributed by atoms with Crippen LogP contribution in [-0.2, 0) is 4.84 Å². The molecule has 2 aromatic rings. The number of halogens is 1. The Bertz CT molecular complexity index is 712. The van der Waals surface area contributed by atoms with Crippen LogP contribution in [0.15, 0.2) is 47.6 Å². The lowest BCUT2D eigenvalue weighted by atomic mass is 10.1. The summed E-state index contributed by atoms with van der Waals surface area (Å²) in [6, 6.07) is 11.9. The van der Waals surface area contributed by atoms with Crippen LogP contribution >= 0.6 is 11.6 Å². The summed E-state index contributed by atoms with van der Waals surface area (Å²) in [5, 5.41) is 3.94. The first-order valence-electron chi connectivity index (χ1n) is 6.46. The van der Waals surface area contributed by atoms with Gasteiger partial charge in [0.05, 0.1) is 17.7 Å². The molecule has 6 heteroatoms. The Hall–Kier alpha value is -2.53. The van der Waals surface area contributed by atoms with E-state index in [0.717, 1.165) is 5.56 Å². The zero-order chi connectivity index (χ0) is 16.1. The van der Waals surface area contributed by atoms with Crippen LogP contribution < -0.4 is 10.5 Å². The fraction of sp³-hybridized carbons (Fsp3) is 0.125. The number of benzene rings is 2. The molecule has 0 unspecified atom stereocenters. The molecule has 0 heterocycles. The summed E-state index contributed by atoms with van der Waals surface area (Å²) < 4.78 is 5.05. The minimum Gasteiger partial charge on any atom is -0.497 e. The van der Waals surface area contributed by atoms with E-state index >= 15 is 0 Å². The number of carbonyl (C=O) groups excluding carboxylic acids is 1. The summed E-state index contributed by atoms with van der Waals surface area (Å²) in [6.45, 7) is 1.88. The van der Waals surface area contributed by atoms with E-state index in [-0.39, 0.29) is 11.4 Å². The number of hydrogen-bond donors (Lipinski definition) is 1. The van der Waals surface area contributed by atoms with Gasteiger partial charge in [0.25, 0.3) is 0 Å². The molecule has 0 saturated heterocycles. The Balaban J connectivity index is 2.10. The van der Waals surface area contributed by atoms with Gasteiger partial charge in [-0.15, -0.1) is 0 Å². The van der Waals surface area contributed by atoms with Gasteiger partial charge in [-0.1, -0.05) is 22.8 Å². The summed E-state index contributed by atoms with van der Waals surface area (Å²) >= 11 is 6.00. The summed E-state index contributed by atoms with van der Waals surface area (Å²) in [5.74, 6) is 0.112. The third kappa shape index (κ3) is 3.77. The quantitative estimate of drug-likeness (QED) is 0.407. The Morgan fingerprint density at radius 1 is 1.18 bits per heavy atom. The van der Waals surface area contributed by atoms with Crippen molar-refractivity contribution in [3.05, 3.63) is 64.2 Å². The number of ether oxygens (including phenoxy) is 1. The van der Waals surface area contributed by atoms with E-state index in [1.54, 1.807) is 49.6 Å². The molecule has 5 nitrogen and oxygen atoms in total. The molecule has 0 bridgehead atoms. The van der Waals surface area contributed by atoms with Crippen LogP contribution in [0.1, 0.15) is 21.5 Å². The fourth-order valence-corrected chi connectivity index (χ4v) is 2.05. The number of amidine groups is 1. The summed E-state index contributed by atoms with van der Waals surface area (Å²) in [7, 11) is 1.57. The zero-order valence-electron chi connectivity index (χ0n) is 12.2. The van der Waals surface area contributed by atoms with E-state index in [1.165, 1.54) is 0 Å². The van der Waals surface area contributed by atoms with Gasteiger partial charge >= 0.3 is 5.97 Å². The SMILES string of the molecule is COc1ccc(/C(N)=N\OC(=O)c2ccc(C)cc2Cl)cc1. The average Bonchev–Trinajstić information content (AvgIpc) is 2.52. The number of aryl methyl sites for hydroxylation is 1. The van der Waals surface area contributed by atoms with Gasteiger partial charge in [0.2, 0.25) is 0 Å². The van der Waals surface area contributed by atoms with Crippen LogP contribution in [0.2, 0.25) is 5.02 Å². The van der Waals surface area contributed by atoms with E-state index in [2.05, 4.69) is 5.16 Å². The average molecular weight is 319 g/mol. The Morgan fingerprint density at radius 3 is 2.45 bits per heavy atom. The van der Waals surface area contributed by atoms with Gasteiger partial charge in [-0.25, -0.2) is 4.79 Å². The number of carbonyl (C=O) groups is 1. The number of nitrogens with two attached hydrogens (primary N) is 1. The van der Waals surface area contributed by atoms with E-state index in [4.69, 9.17) is 26.9 Å². The van der Waals surface area contributed by atoms with Crippen LogP contribution in [0.3, 0.4) is 0 Å². The number of nitrogens with zero attached hydrogens (tertiary/aromatic N) is 1. The second kappa shape index (κ2) is 6.95. The van der Waals surface area contributed by atoms with E-state index < -0.39 is 5.97 Å². The van der Waals surface area contributed by atoms with Crippen molar-refractivity contribution in [2.45, 2.75) is 6.92 Å². The highest BCUT2D eigenvalue weighted by atomic mass is 35.5. The molecule has 0 radical (unpaired) electrons. The van der Waals surface area contributed by atoms with Crippen molar-refractivity contribution in [2.75, 3.05) is 7.11 Å². The highest BCUT2D eigenvalue weighted by Gasteiger charge is 2.12. The summed E-state index contributed by atoms with van der Waals surface area (Å²) in [4.78, 5) is 16.8. The van der Waals surface area contributed by atoms with Gasteiger partial charge in [-0.05, 0) is 48.9 Å². The molecule has 0 aliphatic carbocycles. The maximum Gasteiger partial charge on any atom is 0.367 e. The molecule has 0 spiro atoms. The van der Waals surface area contributed by atoms with E-state index in [1.807, 2.05) is 6.92 Å². The maximum absolute atomic E-state index is 11.9. The largest absolute Gasteiger partial charge is 0.497 e. The van der Waals surface area contributed by atoms with Gasteiger partial charge in [-0.2, -0.15) is 0 Å². The smallest absolute Gasteiger partial charge is 0.367 e. The molecule has 0 aliphatic heterocycles. The molecule has 0 aromatic heterocycles. The predicted molar refractivity (Wildman–Crippen MR) is 85.3 cm³/mol. The second-order valence-electron chi connectivity index (χ2n) is 4.57. The lowest BCUT2D eigenvalue weighted by molar-refractivity contribution is 0.0516. The molecular formula is C16H15ClN2O3. The van der Waals surface area contributed by atoms with Crippen molar-refractivity contribution in [1.29, 1.82) is 0 Å². The van der Waals surface area contributed by atoms with Crippen LogP contribution in [0, 0.1) is 6.92 Å². The lowest BCUT2D eigenvalue weighted by Crippen LogP contribution is -2.15. The lowest BCUT2D eigenvalue weighted by Gasteiger charge is -2.04. The molecule has 0 atom stereocenters. The first kappa shape index (κ1) is 15.9. The third-order valence-corrected chi connectivity index (χ3v) is 3.27. The predicted octanol–water partition coefficient (Wildman–Crippen LogP) is 3.13. The molecule has 0 aliphatic rings. The molecule has 0 amide bonds. The van der Waals surface area contributed by atoms with Crippen LogP contribution in [0.5, 0.6) is 5.75 Å². The highest BCUT2D eigenvalue weighted by molar-refractivity contribution is 6.33. The van der Waals surface area contributed by atoms with Gasteiger partial charge in [-0.3, -0.25) is 0 Å². The van der Waals surface area contributed by atoms with Crippen LogP contribution in [0.4, 0.5) is 0 Å². The van der Waals surface area contributed by atoms with Gasteiger partial charge < -0.3 is 15.3 Å². The van der Waals surface area contributed by atoms with Crippen molar-refractivity contribution >= 4 is 23.4 Å². The van der Waals surface area contributed by atoms with E-state index in [9.17, 15) is 4.79 Å². The van der Waals surface area contributed by atoms with E-state index in [0.29, 0.717) is 16.3 Å². The number of methoxy groups -OCH3 is 1. The summed E-state index contributed by atoms with van der Waals surface area (Å²) in [5.41, 5.74) is 7.57. The minimum absolute atomic E-state index is 0.0826. The molecule has 22 heavy (non-hydrogen) atoms. The normalized spacial score (nSPS) is 11.1. The van der Waals surface area contributed by atoms with Gasteiger partial charge in [0.15, 0.2) is 5.84 Å². The summed E-state index contributed by atoms with van der Waals surface area (Å²) in [6.07, 6.45) is 0. The van der Waals surface area contributed by atoms with Crippen molar-refractivity contribution in [3.8, 4) is 5.75 Å². The minimum atomic E-state index is -0.665. The number of oxime groups is 1. The molecule has 2 rings (SSSR count). The topological polar surface area (TPSA) is 73.9 Å². The molecule has 0 saturated carbocycles.